The summed E-state index contributed by atoms with van der Waals surface area (Å²) >= 11 is 0. The molecule has 27 heavy (non-hydrogen) atoms. The number of aliphatic imine (C=N–C) groups is 1. The number of guanidine groups is 1. The van der Waals surface area contributed by atoms with Crippen molar-refractivity contribution in [3.8, 4) is 5.69 Å². The van der Waals surface area contributed by atoms with E-state index in [4.69, 9.17) is 0 Å². The number of carbonyl (C=O) groups is 1. The fourth-order valence-corrected chi connectivity index (χ4v) is 2.75. The first-order valence-electron chi connectivity index (χ1n) is 9.56. The molecule has 0 radical (unpaired) electrons. The van der Waals surface area contributed by atoms with Crippen molar-refractivity contribution < 1.29 is 4.79 Å². The first kappa shape index (κ1) is 20.5. The third-order valence-electron chi connectivity index (χ3n) is 4.19. The lowest BCUT2D eigenvalue weighted by Gasteiger charge is -2.19. The van der Waals surface area contributed by atoms with E-state index in [9.17, 15) is 4.79 Å². The third kappa shape index (κ3) is 6.44. The van der Waals surface area contributed by atoms with Gasteiger partial charge in [0.15, 0.2) is 5.96 Å². The van der Waals surface area contributed by atoms with Gasteiger partial charge in [-0.2, -0.15) is 5.10 Å². The smallest absolute Gasteiger partial charge is 0.224 e. The number of amides is 1. The van der Waals surface area contributed by atoms with E-state index in [2.05, 4.69) is 26.8 Å². The van der Waals surface area contributed by atoms with Crippen LogP contribution in [0.2, 0.25) is 0 Å². The van der Waals surface area contributed by atoms with Gasteiger partial charge in [-0.3, -0.25) is 4.79 Å². The van der Waals surface area contributed by atoms with Gasteiger partial charge in [0.2, 0.25) is 5.91 Å². The van der Waals surface area contributed by atoms with Crippen molar-refractivity contribution in [1.29, 1.82) is 0 Å². The van der Waals surface area contributed by atoms with Gasteiger partial charge in [0.25, 0.3) is 0 Å². The number of hydrogen-bond donors (Lipinski definition) is 2. The molecular formula is C20H30N6O. The number of nitrogens with one attached hydrogen (secondary N) is 2. The van der Waals surface area contributed by atoms with Crippen LogP contribution in [0.3, 0.4) is 0 Å². The zero-order chi connectivity index (χ0) is 19.5. The second-order valence-electron chi connectivity index (χ2n) is 6.06. The summed E-state index contributed by atoms with van der Waals surface area (Å²) in [5.74, 6) is 0.879. The van der Waals surface area contributed by atoms with Crippen molar-refractivity contribution in [2.75, 3.05) is 26.2 Å². The molecule has 0 saturated carbocycles. The molecule has 1 heterocycles. The van der Waals surface area contributed by atoms with E-state index in [1.165, 1.54) is 0 Å². The van der Waals surface area contributed by atoms with E-state index in [1.54, 1.807) is 6.20 Å². The lowest BCUT2D eigenvalue weighted by molar-refractivity contribution is -0.130. The number of benzene rings is 1. The Bertz CT molecular complexity index is 722. The van der Waals surface area contributed by atoms with Crippen molar-refractivity contribution in [3.05, 3.63) is 48.3 Å². The fraction of sp³-hybridized carbons (Fsp3) is 0.450. The van der Waals surface area contributed by atoms with Crippen LogP contribution in [0.25, 0.3) is 5.69 Å². The normalized spacial score (nSPS) is 11.3. The summed E-state index contributed by atoms with van der Waals surface area (Å²) in [6.45, 7) is 9.39. The van der Waals surface area contributed by atoms with E-state index in [0.29, 0.717) is 25.5 Å². The maximum Gasteiger partial charge on any atom is 0.224 e. The molecule has 7 heteroatoms. The number of rotatable bonds is 9. The first-order chi connectivity index (χ1) is 13.2. The van der Waals surface area contributed by atoms with Crippen LogP contribution in [-0.2, 0) is 11.3 Å². The quantitative estimate of drug-likeness (QED) is 0.524. The lowest BCUT2D eigenvalue weighted by Crippen LogP contribution is -2.40. The van der Waals surface area contributed by atoms with Crippen LogP contribution < -0.4 is 10.6 Å². The summed E-state index contributed by atoms with van der Waals surface area (Å²) in [4.78, 5) is 18.6. The van der Waals surface area contributed by atoms with Crippen LogP contribution in [0.15, 0.2) is 47.7 Å². The predicted molar refractivity (Wildman–Crippen MR) is 109 cm³/mol. The van der Waals surface area contributed by atoms with Crippen LogP contribution in [0.5, 0.6) is 0 Å². The SMILES string of the molecule is CCNC(=NCc1cccc(-n2cccn2)c1)NCCC(=O)N(CC)CC. The maximum atomic E-state index is 12.1. The summed E-state index contributed by atoms with van der Waals surface area (Å²) in [5.41, 5.74) is 2.11. The van der Waals surface area contributed by atoms with E-state index < -0.39 is 0 Å². The molecule has 1 aromatic carbocycles. The fourth-order valence-electron chi connectivity index (χ4n) is 2.75. The number of carbonyl (C=O) groups excluding carboxylic acids is 1. The minimum Gasteiger partial charge on any atom is -0.357 e. The minimum atomic E-state index is 0.162. The Hall–Kier alpha value is -2.83. The van der Waals surface area contributed by atoms with E-state index in [-0.39, 0.29) is 5.91 Å². The highest BCUT2D eigenvalue weighted by Crippen LogP contribution is 2.10. The molecule has 0 atom stereocenters. The summed E-state index contributed by atoms with van der Waals surface area (Å²) in [5, 5.41) is 10.7. The van der Waals surface area contributed by atoms with Crippen LogP contribution in [0.4, 0.5) is 0 Å². The van der Waals surface area contributed by atoms with Gasteiger partial charge in [0.1, 0.15) is 0 Å². The second kappa shape index (κ2) is 11.0. The third-order valence-corrected chi connectivity index (χ3v) is 4.19. The zero-order valence-electron chi connectivity index (χ0n) is 16.5. The molecular weight excluding hydrogens is 340 g/mol. The lowest BCUT2D eigenvalue weighted by atomic mass is 10.2. The molecule has 0 aliphatic carbocycles. The van der Waals surface area contributed by atoms with Crippen LogP contribution in [0.1, 0.15) is 32.8 Å². The van der Waals surface area contributed by atoms with Crippen molar-refractivity contribution >= 4 is 11.9 Å². The molecule has 2 rings (SSSR count). The highest BCUT2D eigenvalue weighted by molar-refractivity contribution is 5.81. The van der Waals surface area contributed by atoms with Crippen molar-refractivity contribution in [3.63, 3.8) is 0 Å². The molecule has 0 bridgehead atoms. The summed E-state index contributed by atoms with van der Waals surface area (Å²) in [6.07, 6.45) is 4.14. The van der Waals surface area contributed by atoms with Crippen molar-refractivity contribution in [2.45, 2.75) is 33.7 Å². The Balaban J connectivity index is 1.93. The standard InChI is InChI=1S/C20H30N6O/c1-4-21-20(22-13-11-19(27)25(5-2)6-3)23-16-17-9-7-10-18(15-17)26-14-8-12-24-26/h7-10,12,14-15H,4-6,11,13,16H2,1-3H3,(H2,21,22,23). The molecule has 0 unspecified atom stereocenters. The summed E-state index contributed by atoms with van der Waals surface area (Å²) in [7, 11) is 0. The molecule has 2 N–H and O–H groups in total. The predicted octanol–water partition coefficient (Wildman–Crippen LogP) is 2.19. The van der Waals surface area contributed by atoms with Crippen LogP contribution >= 0.6 is 0 Å². The Morgan fingerprint density at radius 1 is 1.19 bits per heavy atom. The first-order valence-corrected chi connectivity index (χ1v) is 9.56. The van der Waals surface area contributed by atoms with E-state index >= 15 is 0 Å². The molecule has 1 aromatic heterocycles. The number of aromatic nitrogens is 2. The molecule has 0 fully saturated rings. The van der Waals surface area contributed by atoms with Gasteiger partial charge in [-0.15, -0.1) is 0 Å². The Morgan fingerprint density at radius 2 is 2.00 bits per heavy atom. The Morgan fingerprint density at radius 3 is 2.67 bits per heavy atom. The van der Waals surface area contributed by atoms with Gasteiger partial charge in [0, 0.05) is 45.0 Å². The molecule has 0 spiro atoms. The summed E-state index contributed by atoms with van der Waals surface area (Å²) < 4.78 is 1.83. The molecule has 1 amide bonds. The van der Waals surface area contributed by atoms with E-state index in [0.717, 1.165) is 30.9 Å². The molecule has 0 aliphatic heterocycles. The Kier molecular flexibility index (Phi) is 8.35. The Labute approximate surface area is 161 Å². The molecule has 7 nitrogen and oxygen atoms in total. The monoisotopic (exact) mass is 370 g/mol. The van der Waals surface area contributed by atoms with Gasteiger partial charge < -0.3 is 15.5 Å². The summed E-state index contributed by atoms with van der Waals surface area (Å²) in [6, 6.07) is 10.0. The number of nitrogens with zero attached hydrogens (tertiary/aromatic N) is 4. The molecule has 146 valence electrons. The largest absolute Gasteiger partial charge is 0.357 e. The topological polar surface area (TPSA) is 74.5 Å². The maximum absolute atomic E-state index is 12.1. The van der Waals surface area contributed by atoms with Crippen LogP contribution in [0, 0.1) is 0 Å². The van der Waals surface area contributed by atoms with Crippen molar-refractivity contribution in [2.24, 2.45) is 4.99 Å². The van der Waals surface area contributed by atoms with Gasteiger partial charge >= 0.3 is 0 Å². The molecule has 0 aliphatic rings. The van der Waals surface area contributed by atoms with Crippen LogP contribution in [-0.4, -0.2) is 52.7 Å². The highest BCUT2D eigenvalue weighted by atomic mass is 16.2. The average molecular weight is 371 g/mol. The van der Waals surface area contributed by atoms with Gasteiger partial charge in [-0.25, -0.2) is 9.67 Å². The molecule has 0 saturated heterocycles. The van der Waals surface area contributed by atoms with Gasteiger partial charge in [-0.05, 0) is 44.5 Å². The van der Waals surface area contributed by atoms with Gasteiger partial charge in [0.05, 0.1) is 12.2 Å². The minimum absolute atomic E-state index is 0.162. The zero-order valence-corrected chi connectivity index (χ0v) is 16.5. The van der Waals surface area contributed by atoms with Crippen molar-refractivity contribution in [1.82, 2.24) is 25.3 Å². The average Bonchev–Trinajstić information content (AvgIpc) is 3.22. The highest BCUT2D eigenvalue weighted by Gasteiger charge is 2.09. The number of hydrogen-bond acceptors (Lipinski definition) is 3. The van der Waals surface area contributed by atoms with Gasteiger partial charge in [-0.1, -0.05) is 12.1 Å². The van der Waals surface area contributed by atoms with E-state index in [1.807, 2.05) is 60.8 Å². The second-order valence-corrected chi connectivity index (χ2v) is 6.06. The molecule has 2 aromatic rings.